The van der Waals surface area contributed by atoms with Crippen molar-refractivity contribution in [1.82, 2.24) is 0 Å². The van der Waals surface area contributed by atoms with E-state index >= 15 is 0 Å². The highest BCUT2D eigenvalue weighted by Gasteiger charge is 2.50. The Balaban J connectivity index is 1.41. The van der Waals surface area contributed by atoms with Crippen molar-refractivity contribution in [3.05, 3.63) is 81.9 Å². The van der Waals surface area contributed by atoms with Gasteiger partial charge in [-0.3, -0.25) is 29.4 Å². The van der Waals surface area contributed by atoms with E-state index in [1.165, 1.54) is 47.4 Å². The first kappa shape index (κ1) is 22.1. The summed E-state index contributed by atoms with van der Waals surface area (Å²) in [5, 5.41) is 10.8. The van der Waals surface area contributed by atoms with Gasteiger partial charge in [0.25, 0.3) is 5.69 Å². The maximum Gasteiger partial charge on any atom is 0.338 e. The van der Waals surface area contributed by atoms with Gasteiger partial charge in [0.2, 0.25) is 17.6 Å². The fraction of sp³-hybridized carbons (Fsp3) is 0.250. The van der Waals surface area contributed by atoms with Crippen molar-refractivity contribution in [2.24, 2.45) is 17.8 Å². The van der Waals surface area contributed by atoms with E-state index in [1.54, 1.807) is 0 Å². The zero-order chi connectivity index (χ0) is 23.7. The number of ether oxygens (including phenoxy) is 1. The molecule has 4 rings (SSSR count). The third-order valence-corrected chi connectivity index (χ3v) is 5.95. The first-order valence-corrected chi connectivity index (χ1v) is 10.4. The average Bonchev–Trinajstić information content (AvgIpc) is 3.08. The normalized spacial score (nSPS) is 21.6. The Hall–Kier alpha value is -4.14. The summed E-state index contributed by atoms with van der Waals surface area (Å²) < 4.78 is 5.03. The fourth-order valence-corrected chi connectivity index (χ4v) is 4.24. The second-order valence-corrected chi connectivity index (χ2v) is 8.02. The van der Waals surface area contributed by atoms with Gasteiger partial charge in [-0.25, -0.2) is 4.79 Å². The average molecular weight is 448 g/mol. The molecule has 0 aromatic heterocycles. The Bertz CT molecular complexity index is 1190. The highest BCUT2D eigenvalue weighted by Crippen LogP contribution is 2.40. The summed E-state index contributed by atoms with van der Waals surface area (Å²) in [6.45, 7) is 1.33. The number of ketones is 1. The molecule has 0 radical (unpaired) electrons. The van der Waals surface area contributed by atoms with Crippen molar-refractivity contribution in [1.29, 1.82) is 0 Å². The van der Waals surface area contributed by atoms with Crippen LogP contribution in [0.2, 0.25) is 0 Å². The first-order valence-electron chi connectivity index (χ1n) is 10.4. The number of amides is 2. The Morgan fingerprint density at radius 1 is 1.09 bits per heavy atom. The number of esters is 1. The number of nitrogens with zero attached hydrogens (tertiary/aromatic N) is 2. The van der Waals surface area contributed by atoms with Crippen LogP contribution in [0.1, 0.15) is 34.1 Å². The van der Waals surface area contributed by atoms with E-state index in [-0.39, 0.29) is 46.4 Å². The molecule has 0 unspecified atom stereocenters. The van der Waals surface area contributed by atoms with Crippen LogP contribution in [-0.4, -0.2) is 35.1 Å². The van der Waals surface area contributed by atoms with Gasteiger partial charge in [-0.1, -0.05) is 31.2 Å². The molecule has 0 spiro atoms. The van der Waals surface area contributed by atoms with Gasteiger partial charge in [-0.05, 0) is 36.6 Å². The second-order valence-electron chi connectivity index (χ2n) is 8.02. The molecule has 1 heterocycles. The smallest absolute Gasteiger partial charge is 0.338 e. The van der Waals surface area contributed by atoms with E-state index in [4.69, 9.17) is 4.74 Å². The van der Waals surface area contributed by atoms with E-state index in [9.17, 15) is 29.3 Å². The maximum absolute atomic E-state index is 12.9. The molecule has 2 aromatic rings. The predicted molar refractivity (Wildman–Crippen MR) is 117 cm³/mol. The molecule has 1 aliphatic carbocycles. The number of benzene rings is 2. The van der Waals surface area contributed by atoms with E-state index < -0.39 is 23.3 Å². The Kier molecular flexibility index (Phi) is 5.87. The molecule has 9 heteroatoms. The topological polar surface area (TPSA) is 124 Å². The SMILES string of the molecule is C[C@@H]1C=CC[C@H]2C(=O)N(c3ccc(C(=O)OCC(=O)c4cccc([N+](=O)[O-])c4)cc3)C(=O)[C@H]12. The third-order valence-electron chi connectivity index (χ3n) is 5.95. The van der Waals surface area contributed by atoms with Gasteiger partial charge in [0.15, 0.2) is 6.61 Å². The lowest BCUT2D eigenvalue weighted by atomic mass is 9.78. The Labute approximate surface area is 188 Å². The van der Waals surface area contributed by atoms with E-state index in [1.807, 2.05) is 19.1 Å². The number of hydrogen-bond acceptors (Lipinski definition) is 7. The summed E-state index contributed by atoms with van der Waals surface area (Å²) in [6.07, 6.45) is 4.40. The van der Waals surface area contributed by atoms with Crippen LogP contribution in [0.15, 0.2) is 60.7 Å². The molecular formula is C24H20N2O7. The number of anilines is 1. The van der Waals surface area contributed by atoms with E-state index in [0.717, 1.165) is 6.07 Å². The summed E-state index contributed by atoms with van der Waals surface area (Å²) in [6, 6.07) is 11.0. The van der Waals surface area contributed by atoms with Gasteiger partial charge in [-0.15, -0.1) is 0 Å². The van der Waals surface area contributed by atoms with Crippen LogP contribution in [0.3, 0.4) is 0 Å². The van der Waals surface area contributed by atoms with Crippen LogP contribution in [0, 0.1) is 27.9 Å². The predicted octanol–water partition coefficient (Wildman–Crippen LogP) is 3.34. The van der Waals surface area contributed by atoms with Gasteiger partial charge >= 0.3 is 5.97 Å². The first-order chi connectivity index (χ1) is 15.8. The van der Waals surface area contributed by atoms with Gasteiger partial charge in [0, 0.05) is 17.7 Å². The molecule has 2 aromatic carbocycles. The van der Waals surface area contributed by atoms with Crippen LogP contribution in [-0.2, 0) is 14.3 Å². The minimum absolute atomic E-state index is 0.0250. The van der Waals surface area contributed by atoms with Crippen molar-refractivity contribution in [3.8, 4) is 0 Å². The summed E-state index contributed by atoms with van der Waals surface area (Å²) in [5.41, 5.74) is 0.329. The molecule has 1 aliphatic heterocycles. The molecule has 2 aliphatic rings. The number of Topliss-reactive ketones (excluding diaryl/α,β-unsaturated/α-hetero) is 1. The van der Waals surface area contributed by atoms with Gasteiger partial charge in [-0.2, -0.15) is 0 Å². The monoisotopic (exact) mass is 448 g/mol. The lowest BCUT2D eigenvalue weighted by molar-refractivity contribution is -0.384. The van der Waals surface area contributed by atoms with Gasteiger partial charge < -0.3 is 4.74 Å². The molecule has 168 valence electrons. The van der Waals surface area contributed by atoms with Crippen molar-refractivity contribution in [2.45, 2.75) is 13.3 Å². The number of nitro benzene ring substituents is 1. The molecule has 1 saturated heterocycles. The van der Waals surface area contributed by atoms with Gasteiger partial charge in [0.05, 0.1) is 28.0 Å². The fourth-order valence-electron chi connectivity index (χ4n) is 4.24. The van der Waals surface area contributed by atoms with Crippen LogP contribution >= 0.6 is 0 Å². The summed E-state index contributed by atoms with van der Waals surface area (Å²) in [5.74, 6) is -2.64. The zero-order valence-corrected chi connectivity index (χ0v) is 17.7. The molecule has 0 bridgehead atoms. The highest BCUT2D eigenvalue weighted by atomic mass is 16.6. The number of fused-ring (bicyclic) bond motifs is 1. The number of imide groups is 1. The number of rotatable bonds is 6. The minimum Gasteiger partial charge on any atom is -0.454 e. The third kappa shape index (κ3) is 4.17. The maximum atomic E-state index is 12.9. The second kappa shape index (κ2) is 8.78. The molecule has 33 heavy (non-hydrogen) atoms. The van der Waals surface area contributed by atoms with Crippen LogP contribution in [0.4, 0.5) is 11.4 Å². The molecule has 2 amide bonds. The summed E-state index contributed by atoms with van der Waals surface area (Å²) >= 11 is 0. The molecule has 3 atom stereocenters. The number of carbonyl (C=O) groups excluding carboxylic acids is 4. The molecule has 0 N–H and O–H groups in total. The number of nitro groups is 1. The molecular weight excluding hydrogens is 428 g/mol. The van der Waals surface area contributed by atoms with Crippen molar-refractivity contribution in [2.75, 3.05) is 11.5 Å². The number of non-ortho nitro benzene ring substituents is 1. The van der Waals surface area contributed by atoms with Crippen LogP contribution in [0.5, 0.6) is 0 Å². The lowest BCUT2D eigenvalue weighted by Crippen LogP contribution is -2.31. The van der Waals surface area contributed by atoms with Crippen molar-refractivity contribution < 1.29 is 28.8 Å². The number of allylic oxidation sites excluding steroid dienone is 2. The summed E-state index contributed by atoms with van der Waals surface area (Å²) in [4.78, 5) is 61.6. The standard InChI is InChI=1S/C24H20N2O7/c1-14-4-2-7-19-21(14)23(29)25(22(19)28)17-10-8-15(9-11-17)24(30)33-13-20(27)16-5-3-6-18(12-16)26(31)32/h2-6,8-12,14,19,21H,7,13H2,1H3/t14-,19-,21-/m1/s1. The summed E-state index contributed by atoms with van der Waals surface area (Å²) in [7, 11) is 0. The lowest BCUT2D eigenvalue weighted by Gasteiger charge is -2.22. The number of carbonyl (C=O) groups is 4. The quantitative estimate of drug-likeness (QED) is 0.166. The van der Waals surface area contributed by atoms with Crippen LogP contribution in [0.25, 0.3) is 0 Å². The Morgan fingerprint density at radius 2 is 1.82 bits per heavy atom. The highest BCUT2D eigenvalue weighted by molar-refractivity contribution is 6.22. The molecule has 0 saturated carbocycles. The van der Waals surface area contributed by atoms with Crippen LogP contribution < -0.4 is 4.90 Å². The van der Waals surface area contributed by atoms with E-state index in [0.29, 0.717) is 12.1 Å². The zero-order valence-electron chi connectivity index (χ0n) is 17.7. The Morgan fingerprint density at radius 3 is 2.48 bits per heavy atom. The molecule has 9 nitrogen and oxygen atoms in total. The largest absolute Gasteiger partial charge is 0.454 e. The van der Waals surface area contributed by atoms with Crippen molar-refractivity contribution in [3.63, 3.8) is 0 Å². The van der Waals surface area contributed by atoms with Crippen molar-refractivity contribution >= 4 is 34.9 Å². The van der Waals surface area contributed by atoms with E-state index in [2.05, 4.69) is 0 Å². The number of hydrogen-bond donors (Lipinski definition) is 0. The minimum atomic E-state index is -0.772. The van der Waals surface area contributed by atoms with Gasteiger partial charge in [0.1, 0.15) is 0 Å². The molecule has 1 fully saturated rings.